The van der Waals surface area contributed by atoms with E-state index >= 15 is 0 Å². The zero-order valence-corrected chi connectivity index (χ0v) is 11.1. The smallest absolute Gasteiger partial charge is 0.329 e. The van der Waals surface area contributed by atoms with Crippen LogP contribution in [0.3, 0.4) is 0 Å². The first kappa shape index (κ1) is 13.3. The zero-order valence-electron chi connectivity index (χ0n) is 11.1. The molecule has 0 spiro atoms. The van der Waals surface area contributed by atoms with Crippen LogP contribution in [0.4, 0.5) is 0 Å². The summed E-state index contributed by atoms with van der Waals surface area (Å²) in [6.07, 6.45) is 3.31. The van der Waals surface area contributed by atoms with Gasteiger partial charge in [-0.1, -0.05) is 6.92 Å². The van der Waals surface area contributed by atoms with E-state index in [9.17, 15) is 14.7 Å². The van der Waals surface area contributed by atoms with Crippen molar-refractivity contribution in [2.75, 3.05) is 13.1 Å². The highest BCUT2D eigenvalue weighted by molar-refractivity contribution is 5.90. The Labute approximate surface area is 107 Å². The molecule has 1 amide bonds. The third-order valence-corrected chi connectivity index (χ3v) is 4.61. The Morgan fingerprint density at radius 3 is 2.56 bits per heavy atom. The molecule has 2 unspecified atom stereocenters. The van der Waals surface area contributed by atoms with Crippen molar-refractivity contribution < 1.29 is 14.7 Å². The summed E-state index contributed by atoms with van der Waals surface area (Å²) in [4.78, 5) is 23.9. The van der Waals surface area contributed by atoms with Crippen LogP contribution in [-0.2, 0) is 9.59 Å². The lowest BCUT2D eigenvalue weighted by atomic mass is 9.82. The molecule has 1 aliphatic heterocycles. The Bertz CT molecular complexity index is 359. The van der Waals surface area contributed by atoms with Gasteiger partial charge >= 0.3 is 5.97 Å². The first-order chi connectivity index (χ1) is 8.44. The highest BCUT2D eigenvalue weighted by Crippen LogP contribution is 2.41. The minimum atomic E-state index is -1.10. The van der Waals surface area contributed by atoms with E-state index in [4.69, 9.17) is 0 Å². The highest BCUT2D eigenvalue weighted by Gasteiger charge is 2.51. The van der Waals surface area contributed by atoms with E-state index in [0.29, 0.717) is 6.54 Å². The summed E-state index contributed by atoms with van der Waals surface area (Å²) >= 11 is 0. The molecule has 5 nitrogen and oxygen atoms in total. The minimum absolute atomic E-state index is 0.0854. The standard InChI is InChI=1S/C13H22N2O3/c1-3-13(6-7-14-8-13)10(16)15-12(2,11(17)18)9-4-5-9/h9,14H,3-8H2,1-2H3,(H,15,16)(H,17,18). The van der Waals surface area contributed by atoms with Gasteiger partial charge < -0.3 is 15.7 Å². The number of rotatable bonds is 5. The van der Waals surface area contributed by atoms with E-state index in [-0.39, 0.29) is 11.8 Å². The number of hydrogen-bond donors (Lipinski definition) is 3. The zero-order chi connectivity index (χ0) is 13.4. The van der Waals surface area contributed by atoms with Gasteiger partial charge in [0, 0.05) is 6.54 Å². The molecule has 1 aliphatic carbocycles. The van der Waals surface area contributed by atoms with Gasteiger partial charge in [-0.15, -0.1) is 0 Å². The van der Waals surface area contributed by atoms with Crippen LogP contribution in [-0.4, -0.2) is 35.6 Å². The number of nitrogens with one attached hydrogen (secondary N) is 2. The average molecular weight is 254 g/mol. The normalized spacial score (nSPS) is 30.8. The SMILES string of the molecule is CCC1(C(=O)NC(C)(C(=O)O)C2CC2)CCNC1. The second-order valence-electron chi connectivity index (χ2n) is 5.80. The van der Waals surface area contributed by atoms with E-state index in [1.165, 1.54) is 0 Å². The van der Waals surface area contributed by atoms with Crippen LogP contribution in [0.2, 0.25) is 0 Å². The van der Waals surface area contributed by atoms with Gasteiger partial charge in [-0.2, -0.15) is 0 Å². The van der Waals surface area contributed by atoms with Crippen molar-refractivity contribution >= 4 is 11.9 Å². The molecule has 2 atom stereocenters. The van der Waals surface area contributed by atoms with Gasteiger partial charge in [0.2, 0.25) is 5.91 Å². The lowest BCUT2D eigenvalue weighted by Crippen LogP contribution is -2.58. The third kappa shape index (κ3) is 2.11. The Balaban J connectivity index is 2.11. The average Bonchev–Trinajstić information content (AvgIpc) is 3.07. The van der Waals surface area contributed by atoms with E-state index in [0.717, 1.165) is 32.2 Å². The van der Waals surface area contributed by atoms with Crippen LogP contribution in [0.25, 0.3) is 0 Å². The first-order valence-electron chi connectivity index (χ1n) is 6.71. The number of carboxylic acid groups (broad SMARTS) is 1. The quantitative estimate of drug-likeness (QED) is 0.676. The lowest BCUT2D eigenvalue weighted by molar-refractivity contribution is -0.149. The van der Waals surface area contributed by atoms with Crippen molar-refractivity contribution in [3.05, 3.63) is 0 Å². The maximum atomic E-state index is 12.4. The van der Waals surface area contributed by atoms with Crippen LogP contribution in [0, 0.1) is 11.3 Å². The topological polar surface area (TPSA) is 78.4 Å². The summed E-state index contributed by atoms with van der Waals surface area (Å²) in [5.74, 6) is -0.940. The molecule has 0 aromatic heterocycles. The fourth-order valence-electron chi connectivity index (χ4n) is 2.76. The Hall–Kier alpha value is -1.10. The van der Waals surface area contributed by atoms with Gasteiger partial charge in [0.15, 0.2) is 0 Å². The van der Waals surface area contributed by atoms with Crippen LogP contribution >= 0.6 is 0 Å². The number of hydrogen-bond acceptors (Lipinski definition) is 3. The van der Waals surface area contributed by atoms with Crippen molar-refractivity contribution in [2.45, 2.75) is 45.1 Å². The van der Waals surface area contributed by atoms with Crippen LogP contribution < -0.4 is 10.6 Å². The van der Waals surface area contributed by atoms with Crippen molar-refractivity contribution in [1.29, 1.82) is 0 Å². The van der Waals surface area contributed by atoms with Gasteiger partial charge in [0.25, 0.3) is 0 Å². The molecule has 1 saturated carbocycles. The Morgan fingerprint density at radius 1 is 1.50 bits per heavy atom. The predicted octanol–water partition coefficient (Wildman–Crippen LogP) is 0.746. The Morgan fingerprint density at radius 2 is 2.17 bits per heavy atom. The first-order valence-corrected chi connectivity index (χ1v) is 6.71. The fraction of sp³-hybridized carbons (Fsp3) is 0.846. The number of carbonyl (C=O) groups is 2. The molecule has 5 heteroatoms. The number of carboxylic acids is 1. The third-order valence-electron chi connectivity index (χ3n) is 4.61. The monoisotopic (exact) mass is 254 g/mol. The van der Waals surface area contributed by atoms with Gasteiger partial charge in [0.1, 0.15) is 5.54 Å². The molecule has 1 saturated heterocycles. The summed E-state index contributed by atoms with van der Waals surface area (Å²) in [7, 11) is 0. The van der Waals surface area contributed by atoms with Gasteiger partial charge in [-0.3, -0.25) is 4.79 Å². The van der Waals surface area contributed by atoms with Crippen molar-refractivity contribution in [3.8, 4) is 0 Å². The van der Waals surface area contributed by atoms with Crippen LogP contribution in [0.5, 0.6) is 0 Å². The molecule has 0 aromatic rings. The molecular weight excluding hydrogens is 232 g/mol. The van der Waals surface area contributed by atoms with E-state index in [2.05, 4.69) is 10.6 Å². The van der Waals surface area contributed by atoms with E-state index in [1.54, 1.807) is 6.92 Å². The van der Waals surface area contributed by atoms with Crippen molar-refractivity contribution in [2.24, 2.45) is 11.3 Å². The van der Waals surface area contributed by atoms with Crippen LogP contribution in [0.1, 0.15) is 39.5 Å². The Kier molecular flexibility index (Phi) is 3.36. The minimum Gasteiger partial charge on any atom is -0.480 e. The summed E-state index contributed by atoms with van der Waals surface area (Å²) in [6, 6.07) is 0. The van der Waals surface area contributed by atoms with Gasteiger partial charge in [-0.25, -0.2) is 4.79 Å². The number of amides is 1. The fourth-order valence-corrected chi connectivity index (χ4v) is 2.76. The molecule has 0 bridgehead atoms. The van der Waals surface area contributed by atoms with Crippen molar-refractivity contribution in [3.63, 3.8) is 0 Å². The lowest BCUT2D eigenvalue weighted by Gasteiger charge is -2.32. The molecule has 0 radical (unpaired) electrons. The highest BCUT2D eigenvalue weighted by atomic mass is 16.4. The molecule has 18 heavy (non-hydrogen) atoms. The van der Waals surface area contributed by atoms with Crippen molar-refractivity contribution in [1.82, 2.24) is 10.6 Å². The maximum absolute atomic E-state index is 12.4. The molecular formula is C13H22N2O3. The van der Waals surface area contributed by atoms with E-state index in [1.807, 2.05) is 6.92 Å². The molecule has 2 fully saturated rings. The largest absolute Gasteiger partial charge is 0.480 e. The molecule has 2 rings (SSSR count). The predicted molar refractivity (Wildman–Crippen MR) is 67.1 cm³/mol. The molecule has 102 valence electrons. The second kappa shape index (κ2) is 4.53. The second-order valence-corrected chi connectivity index (χ2v) is 5.80. The number of aliphatic carboxylic acids is 1. The van der Waals surface area contributed by atoms with Crippen LogP contribution in [0.15, 0.2) is 0 Å². The van der Waals surface area contributed by atoms with Gasteiger partial charge in [0.05, 0.1) is 5.41 Å². The summed E-state index contributed by atoms with van der Waals surface area (Å²) in [6.45, 7) is 5.10. The molecule has 0 aromatic carbocycles. The molecule has 2 aliphatic rings. The molecule has 3 N–H and O–H groups in total. The van der Waals surface area contributed by atoms with Gasteiger partial charge in [-0.05, 0) is 45.1 Å². The summed E-state index contributed by atoms with van der Waals surface area (Å²) < 4.78 is 0. The maximum Gasteiger partial charge on any atom is 0.329 e. The van der Waals surface area contributed by atoms with E-state index < -0.39 is 16.9 Å². The summed E-state index contributed by atoms with van der Waals surface area (Å²) in [5.41, 5.74) is -1.52. The molecule has 1 heterocycles. The summed E-state index contributed by atoms with van der Waals surface area (Å²) in [5, 5.41) is 15.4. The number of carbonyl (C=O) groups excluding carboxylic acids is 1.